The summed E-state index contributed by atoms with van der Waals surface area (Å²) in [6.07, 6.45) is 4.17. The summed E-state index contributed by atoms with van der Waals surface area (Å²) in [5.74, 6) is 2.57. The molecule has 0 bridgehead atoms. The second-order valence-electron chi connectivity index (χ2n) is 6.02. The van der Waals surface area contributed by atoms with Gasteiger partial charge in [-0.2, -0.15) is 4.98 Å². The summed E-state index contributed by atoms with van der Waals surface area (Å²) in [6.45, 7) is 1.27. The molecular weight excluding hydrogens is 266 g/mol. The Morgan fingerprint density at radius 1 is 1.29 bits per heavy atom. The van der Waals surface area contributed by atoms with Gasteiger partial charge in [-0.3, -0.25) is 0 Å². The highest BCUT2D eigenvalue weighted by atomic mass is 16.5. The normalized spacial score (nSPS) is 23.0. The van der Waals surface area contributed by atoms with E-state index in [4.69, 9.17) is 15.0 Å². The van der Waals surface area contributed by atoms with Crippen LogP contribution in [0.4, 0.5) is 0 Å². The minimum absolute atomic E-state index is 0.0735. The van der Waals surface area contributed by atoms with E-state index < -0.39 is 0 Å². The van der Waals surface area contributed by atoms with Gasteiger partial charge in [0.25, 0.3) is 0 Å². The van der Waals surface area contributed by atoms with Gasteiger partial charge in [0.2, 0.25) is 5.89 Å². The van der Waals surface area contributed by atoms with Crippen LogP contribution in [0.3, 0.4) is 0 Å². The quantitative estimate of drug-likeness (QED) is 0.937. The number of hydrogen-bond donors (Lipinski definition) is 1. The highest BCUT2D eigenvalue weighted by Crippen LogP contribution is 2.43. The van der Waals surface area contributed by atoms with E-state index in [2.05, 4.69) is 16.2 Å². The maximum absolute atomic E-state index is 5.92. The summed E-state index contributed by atoms with van der Waals surface area (Å²) in [6, 6.07) is 8.09. The summed E-state index contributed by atoms with van der Waals surface area (Å²) in [5.41, 5.74) is 6.99. The van der Waals surface area contributed by atoms with Crippen LogP contribution in [-0.2, 0) is 5.41 Å². The first kappa shape index (κ1) is 12.8. The van der Waals surface area contributed by atoms with Gasteiger partial charge in [-0.05, 0) is 25.3 Å². The lowest BCUT2D eigenvalue weighted by Crippen LogP contribution is -2.41. The van der Waals surface area contributed by atoms with Gasteiger partial charge in [-0.15, -0.1) is 0 Å². The molecule has 2 heterocycles. The van der Waals surface area contributed by atoms with Gasteiger partial charge < -0.3 is 15.0 Å². The number of rotatable bonds is 3. The summed E-state index contributed by atoms with van der Waals surface area (Å²) >= 11 is 0. The minimum Gasteiger partial charge on any atom is -0.493 e. The molecule has 1 fully saturated rings. The fourth-order valence-electron chi connectivity index (χ4n) is 3.31. The van der Waals surface area contributed by atoms with Crippen LogP contribution in [0.1, 0.15) is 48.9 Å². The summed E-state index contributed by atoms with van der Waals surface area (Å²) in [4.78, 5) is 4.68. The zero-order chi connectivity index (χ0) is 14.3. The molecule has 0 radical (unpaired) electrons. The van der Waals surface area contributed by atoms with Gasteiger partial charge in [0.15, 0.2) is 5.82 Å². The fraction of sp³-hybridized carbons (Fsp3) is 0.500. The topological polar surface area (TPSA) is 74.2 Å². The van der Waals surface area contributed by atoms with E-state index in [0.29, 0.717) is 13.2 Å². The van der Waals surface area contributed by atoms with Crippen molar-refractivity contribution in [3.63, 3.8) is 0 Å². The molecule has 110 valence electrons. The SMILES string of the molecule is NCC1(c2nc(C3CCOc4ccccc43)no2)CCC1. The molecule has 1 unspecified atom stereocenters. The van der Waals surface area contributed by atoms with Gasteiger partial charge in [0.1, 0.15) is 5.75 Å². The molecule has 0 spiro atoms. The highest BCUT2D eigenvalue weighted by Gasteiger charge is 2.43. The van der Waals surface area contributed by atoms with Gasteiger partial charge in [0, 0.05) is 12.1 Å². The summed E-state index contributed by atoms with van der Waals surface area (Å²) in [5, 5.41) is 4.24. The van der Waals surface area contributed by atoms with Crippen LogP contribution in [0, 0.1) is 0 Å². The second kappa shape index (κ2) is 4.84. The lowest BCUT2D eigenvalue weighted by atomic mass is 9.69. The van der Waals surface area contributed by atoms with E-state index >= 15 is 0 Å². The first-order valence-electron chi connectivity index (χ1n) is 7.58. The van der Waals surface area contributed by atoms with Gasteiger partial charge in [0.05, 0.1) is 17.9 Å². The predicted molar refractivity (Wildman–Crippen MR) is 77.3 cm³/mol. The first-order chi connectivity index (χ1) is 10.3. The molecule has 0 saturated heterocycles. The molecule has 2 aliphatic rings. The van der Waals surface area contributed by atoms with Crippen molar-refractivity contribution in [1.29, 1.82) is 0 Å². The molecule has 1 aromatic heterocycles. The van der Waals surface area contributed by atoms with Gasteiger partial charge in [-0.1, -0.05) is 29.8 Å². The van der Waals surface area contributed by atoms with Crippen LogP contribution in [0.25, 0.3) is 0 Å². The number of nitrogens with zero attached hydrogens (tertiary/aromatic N) is 2. The maximum Gasteiger partial charge on any atom is 0.234 e. The number of fused-ring (bicyclic) bond motifs is 1. The van der Waals surface area contributed by atoms with Crippen LogP contribution in [-0.4, -0.2) is 23.3 Å². The standard InChI is InChI=1S/C16H19N3O2/c17-10-16(7-3-8-16)15-18-14(19-21-15)12-6-9-20-13-5-2-1-4-11(12)13/h1-2,4-5,12H,3,6-10,17H2. The number of para-hydroxylation sites is 1. The van der Waals surface area contributed by atoms with E-state index in [9.17, 15) is 0 Å². The van der Waals surface area contributed by atoms with Crippen LogP contribution in [0.5, 0.6) is 5.75 Å². The van der Waals surface area contributed by atoms with Crippen molar-refractivity contribution in [2.45, 2.75) is 37.0 Å². The molecule has 5 heteroatoms. The molecule has 4 rings (SSSR count). The van der Waals surface area contributed by atoms with E-state index in [1.807, 2.05) is 18.2 Å². The van der Waals surface area contributed by atoms with Crippen molar-refractivity contribution in [2.24, 2.45) is 5.73 Å². The number of aromatic nitrogens is 2. The van der Waals surface area contributed by atoms with Crippen molar-refractivity contribution >= 4 is 0 Å². The fourth-order valence-corrected chi connectivity index (χ4v) is 3.31. The number of ether oxygens (including phenoxy) is 1. The Hall–Kier alpha value is -1.88. The summed E-state index contributed by atoms with van der Waals surface area (Å²) in [7, 11) is 0. The molecule has 2 aromatic rings. The van der Waals surface area contributed by atoms with Crippen LogP contribution < -0.4 is 10.5 Å². The molecule has 1 aliphatic carbocycles. The van der Waals surface area contributed by atoms with Gasteiger partial charge in [-0.25, -0.2) is 0 Å². The van der Waals surface area contributed by atoms with Crippen molar-refractivity contribution in [1.82, 2.24) is 10.1 Å². The smallest absolute Gasteiger partial charge is 0.234 e. The lowest BCUT2D eigenvalue weighted by Gasteiger charge is -2.36. The van der Waals surface area contributed by atoms with Crippen molar-refractivity contribution in [2.75, 3.05) is 13.2 Å². The Kier molecular flexibility index (Phi) is 2.96. The third-order valence-electron chi connectivity index (χ3n) is 4.87. The van der Waals surface area contributed by atoms with Crippen LogP contribution >= 0.6 is 0 Å². The van der Waals surface area contributed by atoms with Crippen molar-refractivity contribution in [3.8, 4) is 5.75 Å². The minimum atomic E-state index is -0.0735. The molecule has 1 atom stereocenters. The monoisotopic (exact) mass is 285 g/mol. The Morgan fingerprint density at radius 3 is 2.90 bits per heavy atom. The molecule has 1 aliphatic heterocycles. The zero-order valence-electron chi connectivity index (χ0n) is 11.9. The molecule has 21 heavy (non-hydrogen) atoms. The molecular formula is C16H19N3O2. The van der Waals surface area contributed by atoms with Crippen molar-refractivity contribution < 1.29 is 9.26 Å². The Bertz CT molecular complexity index is 643. The first-order valence-corrected chi connectivity index (χ1v) is 7.58. The largest absolute Gasteiger partial charge is 0.493 e. The van der Waals surface area contributed by atoms with Crippen LogP contribution in [0.15, 0.2) is 28.8 Å². The molecule has 1 saturated carbocycles. The van der Waals surface area contributed by atoms with E-state index in [-0.39, 0.29) is 11.3 Å². The predicted octanol–water partition coefficient (Wildman–Crippen LogP) is 2.36. The van der Waals surface area contributed by atoms with E-state index in [1.165, 1.54) is 6.42 Å². The van der Waals surface area contributed by atoms with Crippen LogP contribution in [0.2, 0.25) is 0 Å². The van der Waals surface area contributed by atoms with Crippen molar-refractivity contribution in [3.05, 3.63) is 41.5 Å². The second-order valence-corrected chi connectivity index (χ2v) is 6.02. The zero-order valence-corrected chi connectivity index (χ0v) is 11.9. The van der Waals surface area contributed by atoms with E-state index in [1.54, 1.807) is 0 Å². The third kappa shape index (κ3) is 1.95. The average Bonchev–Trinajstić information content (AvgIpc) is 2.96. The molecule has 1 aromatic carbocycles. The molecule has 5 nitrogen and oxygen atoms in total. The lowest BCUT2D eigenvalue weighted by molar-refractivity contribution is 0.181. The summed E-state index contributed by atoms with van der Waals surface area (Å²) < 4.78 is 11.2. The average molecular weight is 285 g/mol. The molecule has 2 N–H and O–H groups in total. The Balaban J connectivity index is 1.68. The number of benzene rings is 1. The molecule has 0 amide bonds. The van der Waals surface area contributed by atoms with E-state index in [0.717, 1.165) is 42.3 Å². The Labute approximate surface area is 123 Å². The number of hydrogen-bond acceptors (Lipinski definition) is 5. The maximum atomic E-state index is 5.92. The third-order valence-corrected chi connectivity index (χ3v) is 4.87. The Morgan fingerprint density at radius 2 is 2.14 bits per heavy atom. The number of nitrogens with two attached hydrogens (primary N) is 1. The van der Waals surface area contributed by atoms with Gasteiger partial charge >= 0.3 is 0 Å². The highest BCUT2D eigenvalue weighted by molar-refractivity contribution is 5.40.